The molecule has 0 aliphatic carbocycles. The van der Waals surface area contributed by atoms with Crippen molar-refractivity contribution in [3.8, 4) is 11.4 Å². The summed E-state index contributed by atoms with van der Waals surface area (Å²) in [5.74, 6) is 0.634. The fourth-order valence-corrected chi connectivity index (χ4v) is 3.71. The van der Waals surface area contributed by atoms with Crippen LogP contribution in [0.3, 0.4) is 0 Å². The molecular weight excluding hydrogens is 338 g/mol. The van der Waals surface area contributed by atoms with E-state index in [2.05, 4.69) is 9.97 Å². The van der Waals surface area contributed by atoms with E-state index in [0.29, 0.717) is 24.6 Å². The maximum Gasteiger partial charge on any atom is 0.259 e. The van der Waals surface area contributed by atoms with Crippen LogP contribution >= 0.6 is 11.8 Å². The van der Waals surface area contributed by atoms with Crippen LogP contribution in [0.2, 0.25) is 0 Å². The van der Waals surface area contributed by atoms with E-state index in [1.165, 1.54) is 0 Å². The van der Waals surface area contributed by atoms with Gasteiger partial charge >= 0.3 is 0 Å². The van der Waals surface area contributed by atoms with E-state index in [-0.39, 0.29) is 17.7 Å². The fraction of sp³-hybridized carbons (Fsp3) is 0.333. The Labute approximate surface area is 149 Å². The average Bonchev–Trinajstić information content (AvgIpc) is 3.28. The molecule has 1 saturated heterocycles. The summed E-state index contributed by atoms with van der Waals surface area (Å²) < 4.78 is 13.0. The number of rotatable bonds is 4. The number of benzene rings is 1. The van der Waals surface area contributed by atoms with E-state index in [1.807, 2.05) is 41.3 Å². The van der Waals surface area contributed by atoms with Crippen LogP contribution in [0.5, 0.6) is 0 Å². The first kappa shape index (κ1) is 16.4. The zero-order chi connectivity index (χ0) is 17.4. The highest BCUT2D eigenvalue weighted by molar-refractivity contribution is 7.98. The van der Waals surface area contributed by atoms with Gasteiger partial charge in [-0.15, -0.1) is 11.8 Å². The number of nitrogens with one attached hydrogen (secondary N) is 1. The Morgan fingerprint density at radius 2 is 2.24 bits per heavy atom. The second kappa shape index (κ2) is 6.67. The van der Waals surface area contributed by atoms with Gasteiger partial charge in [0.1, 0.15) is 11.9 Å². The van der Waals surface area contributed by atoms with Crippen molar-refractivity contribution < 1.29 is 9.47 Å². The lowest BCUT2D eigenvalue weighted by atomic mass is 10.1. The van der Waals surface area contributed by atoms with Crippen molar-refractivity contribution in [3.63, 3.8) is 0 Å². The number of aromatic nitrogens is 3. The summed E-state index contributed by atoms with van der Waals surface area (Å²) in [4.78, 5) is 21.2. The summed E-state index contributed by atoms with van der Waals surface area (Å²) in [6.45, 7) is 1.09. The monoisotopic (exact) mass is 357 g/mol. The number of hydrogen-bond donors (Lipinski definition) is 1. The number of pyridine rings is 1. The van der Waals surface area contributed by atoms with Crippen LogP contribution in [0.15, 0.2) is 46.3 Å². The first-order valence-corrected chi connectivity index (χ1v) is 9.28. The van der Waals surface area contributed by atoms with Gasteiger partial charge in [0.15, 0.2) is 0 Å². The maximum absolute atomic E-state index is 12.7. The van der Waals surface area contributed by atoms with E-state index in [4.69, 9.17) is 9.47 Å². The summed E-state index contributed by atoms with van der Waals surface area (Å²) in [6.07, 6.45) is 5.55. The molecule has 3 aromatic rings. The number of H-pyrrole nitrogens is 1. The third-order valence-electron chi connectivity index (χ3n) is 4.62. The Balaban J connectivity index is 1.82. The molecule has 1 aromatic carbocycles. The molecule has 0 saturated carbocycles. The molecule has 1 aliphatic rings. The zero-order valence-electron chi connectivity index (χ0n) is 14.1. The number of hydrogen-bond acceptors (Lipinski definition) is 5. The minimum atomic E-state index is -0.147. The largest absolute Gasteiger partial charge is 0.377 e. The lowest BCUT2D eigenvalue weighted by Gasteiger charge is -2.19. The molecule has 1 aliphatic heterocycles. The second-order valence-corrected chi connectivity index (χ2v) is 6.88. The Hall–Kier alpha value is -2.09. The molecule has 130 valence electrons. The quantitative estimate of drug-likeness (QED) is 0.727. The summed E-state index contributed by atoms with van der Waals surface area (Å²) in [6, 6.07) is 7.96. The molecule has 4 rings (SSSR count). The summed E-state index contributed by atoms with van der Waals surface area (Å²) in [5, 5.41) is 0.980. The summed E-state index contributed by atoms with van der Waals surface area (Å²) in [7, 11) is 1.68. The normalized spacial score (nSPS) is 20.4. The van der Waals surface area contributed by atoms with Crippen LogP contribution in [0.1, 0.15) is 6.04 Å². The highest BCUT2D eigenvalue weighted by atomic mass is 32.2. The SMILES string of the molecule is CO[C@@H]1COC[C@@H]1n1ccnc1-c1cc2ccc(SC)cc2[nH]c1=O. The molecule has 2 atom stereocenters. The molecule has 0 radical (unpaired) electrons. The number of thioether (sulfide) groups is 1. The summed E-state index contributed by atoms with van der Waals surface area (Å²) >= 11 is 1.65. The van der Waals surface area contributed by atoms with Crippen LogP contribution in [0, 0.1) is 0 Å². The van der Waals surface area contributed by atoms with Crippen molar-refractivity contribution in [1.82, 2.24) is 14.5 Å². The lowest BCUT2D eigenvalue weighted by Crippen LogP contribution is -2.25. The van der Waals surface area contributed by atoms with Crippen molar-refractivity contribution >= 4 is 22.7 Å². The molecule has 0 amide bonds. The molecule has 2 aromatic heterocycles. The summed E-state index contributed by atoms with van der Waals surface area (Å²) in [5.41, 5.74) is 1.24. The number of nitrogens with zero attached hydrogens (tertiary/aromatic N) is 2. The van der Waals surface area contributed by atoms with Gasteiger partial charge in [0, 0.05) is 29.9 Å². The van der Waals surface area contributed by atoms with Crippen molar-refractivity contribution in [1.29, 1.82) is 0 Å². The van der Waals surface area contributed by atoms with Gasteiger partial charge in [0.2, 0.25) is 0 Å². The lowest BCUT2D eigenvalue weighted by molar-refractivity contribution is 0.0688. The average molecular weight is 357 g/mol. The number of imidazole rings is 1. The van der Waals surface area contributed by atoms with Crippen LogP contribution in [0.25, 0.3) is 22.3 Å². The third kappa shape index (κ3) is 2.88. The van der Waals surface area contributed by atoms with E-state index in [0.717, 1.165) is 15.8 Å². The van der Waals surface area contributed by atoms with E-state index in [1.54, 1.807) is 25.1 Å². The van der Waals surface area contributed by atoms with Gasteiger partial charge in [-0.3, -0.25) is 4.79 Å². The van der Waals surface area contributed by atoms with Crippen LogP contribution < -0.4 is 5.56 Å². The van der Waals surface area contributed by atoms with Crippen molar-refractivity contribution in [2.45, 2.75) is 17.0 Å². The van der Waals surface area contributed by atoms with E-state index >= 15 is 0 Å². The van der Waals surface area contributed by atoms with Crippen molar-refractivity contribution in [2.24, 2.45) is 0 Å². The van der Waals surface area contributed by atoms with Gasteiger partial charge in [0.05, 0.1) is 24.8 Å². The van der Waals surface area contributed by atoms with Crippen molar-refractivity contribution in [2.75, 3.05) is 26.6 Å². The van der Waals surface area contributed by atoms with E-state index < -0.39 is 0 Å². The Kier molecular flexibility index (Phi) is 4.37. The van der Waals surface area contributed by atoms with Gasteiger partial charge in [0.25, 0.3) is 5.56 Å². The molecule has 25 heavy (non-hydrogen) atoms. The molecule has 0 spiro atoms. The number of methoxy groups -OCH3 is 1. The standard InChI is InChI=1S/C18H19N3O3S/c1-23-16-10-24-9-15(16)21-6-5-19-17(21)13-7-11-3-4-12(25-2)8-14(11)20-18(13)22/h3-8,15-16H,9-10H2,1-2H3,(H,20,22)/t15-,16+/m0/s1. The maximum atomic E-state index is 12.7. The molecule has 3 heterocycles. The predicted octanol–water partition coefficient (Wildman–Crippen LogP) is 2.70. The highest BCUT2D eigenvalue weighted by Crippen LogP contribution is 2.28. The first-order valence-electron chi connectivity index (χ1n) is 8.06. The first-order chi connectivity index (χ1) is 12.2. The fourth-order valence-electron chi connectivity index (χ4n) is 3.27. The highest BCUT2D eigenvalue weighted by Gasteiger charge is 2.31. The van der Waals surface area contributed by atoms with Crippen LogP contribution in [-0.4, -0.2) is 47.2 Å². The Bertz CT molecular complexity index is 966. The molecule has 1 fully saturated rings. The molecule has 0 unspecified atom stereocenters. The van der Waals surface area contributed by atoms with E-state index in [9.17, 15) is 4.79 Å². The van der Waals surface area contributed by atoms with Crippen LogP contribution in [-0.2, 0) is 9.47 Å². The smallest absolute Gasteiger partial charge is 0.259 e. The minimum Gasteiger partial charge on any atom is -0.377 e. The molecular formula is C18H19N3O3S. The number of aromatic amines is 1. The van der Waals surface area contributed by atoms with Gasteiger partial charge in [-0.2, -0.15) is 0 Å². The molecule has 6 nitrogen and oxygen atoms in total. The molecule has 0 bridgehead atoms. The van der Waals surface area contributed by atoms with Crippen LogP contribution in [0.4, 0.5) is 0 Å². The van der Waals surface area contributed by atoms with Crippen molar-refractivity contribution in [3.05, 3.63) is 47.0 Å². The third-order valence-corrected chi connectivity index (χ3v) is 5.35. The van der Waals surface area contributed by atoms with Gasteiger partial charge in [-0.05, 0) is 29.8 Å². The minimum absolute atomic E-state index is 0.0106. The second-order valence-electron chi connectivity index (χ2n) is 6.00. The Morgan fingerprint density at radius 1 is 1.36 bits per heavy atom. The van der Waals surface area contributed by atoms with Gasteiger partial charge in [-0.1, -0.05) is 6.07 Å². The topological polar surface area (TPSA) is 69.1 Å². The Morgan fingerprint density at radius 3 is 3.04 bits per heavy atom. The predicted molar refractivity (Wildman–Crippen MR) is 98.2 cm³/mol. The van der Waals surface area contributed by atoms with Gasteiger partial charge in [-0.25, -0.2) is 4.98 Å². The number of ether oxygens (including phenoxy) is 2. The van der Waals surface area contributed by atoms with Gasteiger partial charge < -0.3 is 19.0 Å². The number of fused-ring (bicyclic) bond motifs is 1. The molecule has 1 N–H and O–H groups in total. The zero-order valence-corrected chi connectivity index (χ0v) is 14.9. The molecule has 7 heteroatoms.